The molecule has 4 nitrogen and oxygen atoms in total. The van der Waals surface area contributed by atoms with E-state index in [2.05, 4.69) is 64.6 Å². The molecule has 0 aromatic heterocycles. The summed E-state index contributed by atoms with van der Waals surface area (Å²) in [5, 5.41) is 7.17. The quantitative estimate of drug-likeness (QED) is 0.808. The van der Waals surface area contributed by atoms with Gasteiger partial charge >= 0.3 is 0 Å². The Morgan fingerprint density at radius 2 is 1.81 bits per heavy atom. The first-order valence-corrected chi connectivity index (χ1v) is 8.17. The number of hydrogen-bond acceptors (Lipinski definition) is 3. The van der Waals surface area contributed by atoms with E-state index in [-0.39, 0.29) is 0 Å². The number of para-hydroxylation sites is 1. The van der Waals surface area contributed by atoms with Crippen molar-refractivity contribution in [2.75, 3.05) is 44.2 Å². The Hall–Kier alpha value is -1.33. The first-order chi connectivity index (χ1) is 10.2. The van der Waals surface area contributed by atoms with Crippen LogP contribution in [-0.2, 0) is 0 Å². The summed E-state index contributed by atoms with van der Waals surface area (Å²) in [6.07, 6.45) is 0. The first-order valence-electron chi connectivity index (χ1n) is 7.76. The number of thiocarbonyl (C=S) groups is 1. The molecular formula is C16H26N4S. The van der Waals surface area contributed by atoms with Crippen LogP contribution in [0.4, 0.5) is 5.69 Å². The number of benzene rings is 1. The van der Waals surface area contributed by atoms with Crippen LogP contribution >= 0.6 is 12.2 Å². The third kappa shape index (κ3) is 4.86. The summed E-state index contributed by atoms with van der Waals surface area (Å²) in [7, 11) is 0. The van der Waals surface area contributed by atoms with Gasteiger partial charge in [-0.2, -0.15) is 0 Å². The third-order valence-corrected chi connectivity index (χ3v) is 4.24. The van der Waals surface area contributed by atoms with Crippen LogP contribution < -0.4 is 15.5 Å². The maximum atomic E-state index is 5.21. The second-order valence-electron chi connectivity index (χ2n) is 5.45. The summed E-state index contributed by atoms with van der Waals surface area (Å²) >= 11 is 5.21. The molecule has 1 aliphatic heterocycles. The van der Waals surface area contributed by atoms with Crippen molar-refractivity contribution in [3.63, 3.8) is 0 Å². The molecule has 0 spiro atoms. The van der Waals surface area contributed by atoms with Crippen LogP contribution in [0.15, 0.2) is 30.3 Å². The Kier molecular flexibility index (Phi) is 6.26. The molecule has 1 fully saturated rings. The predicted octanol–water partition coefficient (Wildman–Crippen LogP) is 1.68. The Balaban J connectivity index is 1.74. The van der Waals surface area contributed by atoms with Gasteiger partial charge < -0.3 is 15.5 Å². The molecule has 5 heteroatoms. The topological polar surface area (TPSA) is 30.5 Å². The highest BCUT2D eigenvalue weighted by Crippen LogP contribution is 2.16. The molecule has 0 unspecified atom stereocenters. The van der Waals surface area contributed by atoms with Gasteiger partial charge in [-0.15, -0.1) is 0 Å². The molecular weight excluding hydrogens is 280 g/mol. The van der Waals surface area contributed by atoms with Crippen molar-refractivity contribution in [3.05, 3.63) is 30.3 Å². The van der Waals surface area contributed by atoms with Gasteiger partial charge in [0.2, 0.25) is 0 Å². The van der Waals surface area contributed by atoms with E-state index in [0.29, 0.717) is 6.04 Å². The molecule has 0 radical (unpaired) electrons. The van der Waals surface area contributed by atoms with E-state index in [0.717, 1.165) is 44.4 Å². The van der Waals surface area contributed by atoms with Crippen LogP contribution in [0.3, 0.4) is 0 Å². The van der Waals surface area contributed by atoms with E-state index in [1.54, 1.807) is 0 Å². The highest BCUT2D eigenvalue weighted by atomic mass is 32.1. The number of hydrogen-bond donors (Lipinski definition) is 2. The molecule has 21 heavy (non-hydrogen) atoms. The summed E-state index contributed by atoms with van der Waals surface area (Å²) in [4.78, 5) is 4.99. The smallest absolute Gasteiger partial charge is 0.166 e. The van der Waals surface area contributed by atoms with Crippen molar-refractivity contribution in [2.45, 2.75) is 19.9 Å². The molecule has 0 amide bonds. The zero-order chi connectivity index (χ0) is 15.1. The SMILES string of the molecule is CCNC(=S)NC[C@@H](C)N1CCN(c2ccccc2)CC1. The molecule has 0 bridgehead atoms. The van der Waals surface area contributed by atoms with E-state index < -0.39 is 0 Å². The Morgan fingerprint density at radius 3 is 2.43 bits per heavy atom. The normalized spacial score (nSPS) is 17.3. The molecule has 1 saturated heterocycles. The van der Waals surface area contributed by atoms with Crippen molar-refractivity contribution in [1.29, 1.82) is 0 Å². The van der Waals surface area contributed by atoms with E-state index >= 15 is 0 Å². The standard InChI is InChI=1S/C16H26N4S/c1-3-17-16(21)18-13-14(2)19-9-11-20(12-10-19)15-7-5-4-6-8-15/h4-8,14H,3,9-13H2,1-2H3,(H2,17,18,21)/t14-/m1/s1. The average Bonchev–Trinajstić information content (AvgIpc) is 2.54. The minimum absolute atomic E-state index is 0.500. The van der Waals surface area contributed by atoms with Gasteiger partial charge in [0.05, 0.1) is 0 Å². The lowest BCUT2D eigenvalue weighted by molar-refractivity contribution is 0.197. The fourth-order valence-corrected chi connectivity index (χ4v) is 2.88. The number of piperazine rings is 1. The van der Waals surface area contributed by atoms with E-state index in [1.165, 1.54) is 5.69 Å². The lowest BCUT2D eigenvalue weighted by Crippen LogP contribution is -2.53. The average molecular weight is 306 g/mol. The van der Waals surface area contributed by atoms with Crippen LogP contribution in [0.1, 0.15) is 13.8 Å². The van der Waals surface area contributed by atoms with Crippen LogP contribution in [0, 0.1) is 0 Å². The van der Waals surface area contributed by atoms with Gasteiger partial charge in [0.25, 0.3) is 0 Å². The van der Waals surface area contributed by atoms with Gasteiger partial charge in [0.15, 0.2) is 5.11 Å². The largest absolute Gasteiger partial charge is 0.369 e. The van der Waals surface area contributed by atoms with Crippen LogP contribution in [0.2, 0.25) is 0 Å². The highest BCUT2D eigenvalue weighted by molar-refractivity contribution is 7.80. The molecule has 116 valence electrons. The molecule has 1 aromatic rings. The van der Waals surface area contributed by atoms with Gasteiger partial charge in [-0.3, -0.25) is 4.90 Å². The Morgan fingerprint density at radius 1 is 1.14 bits per heavy atom. The summed E-state index contributed by atoms with van der Waals surface area (Å²) < 4.78 is 0. The maximum absolute atomic E-state index is 5.21. The summed E-state index contributed by atoms with van der Waals surface area (Å²) in [5.41, 5.74) is 1.33. The molecule has 2 rings (SSSR count). The van der Waals surface area contributed by atoms with Gasteiger partial charge in [-0.05, 0) is 38.2 Å². The first kappa shape index (κ1) is 16.0. The number of nitrogens with one attached hydrogen (secondary N) is 2. The van der Waals surface area contributed by atoms with Crippen molar-refractivity contribution in [2.24, 2.45) is 0 Å². The zero-order valence-corrected chi connectivity index (χ0v) is 13.8. The van der Waals surface area contributed by atoms with Crippen molar-refractivity contribution in [1.82, 2.24) is 15.5 Å². The molecule has 1 heterocycles. The van der Waals surface area contributed by atoms with Crippen LogP contribution in [-0.4, -0.2) is 55.3 Å². The Labute approximate surface area is 133 Å². The summed E-state index contributed by atoms with van der Waals surface area (Å²) in [6, 6.07) is 11.2. The predicted molar refractivity (Wildman–Crippen MR) is 94.0 cm³/mol. The third-order valence-electron chi connectivity index (χ3n) is 3.95. The fourth-order valence-electron chi connectivity index (χ4n) is 2.65. The van der Waals surface area contributed by atoms with Crippen molar-refractivity contribution < 1.29 is 0 Å². The minimum atomic E-state index is 0.500. The lowest BCUT2D eigenvalue weighted by atomic mass is 10.2. The lowest BCUT2D eigenvalue weighted by Gasteiger charge is -2.39. The molecule has 1 aliphatic rings. The molecule has 1 aromatic carbocycles. The van der Waals surface area contributed by atoms with Crippen LogP contribution in [0.5, 0.6) is 0 Å². The fraction of sp³-hybridized carbons (Fsp3) is 0.562. The van der Waals surface area contributed by atoms with Gasteiger partial charge in [0, 0.05) is 51.0 Å². The van der Waals surface area contributed by atoms with Crippen molar-refractivity contribution >= 4 is 23.0 Å². The molecule has 0 saturated carbocycles. The number of nitrogens with zero attached hydrogens (tertiary/aromatic N) is 2. The summed E-state index contributed by atoms with van der Waals surface area (Å²) in [6.45, 7) is 10.5. The van der Waals surface area contributed by atoms with Gasteiger partial charge in [-0.1, -0.05) is 18.2 Å². The molecule has 2 N–H and O–H groups in total. The monoisotopic (exact) mass is 306 g/mol. The van der Waals surface area contributed by atoms with E-state index in [9.17, 15) is 0 Å². The molecule has 1 atom stereocenters. The number of anilines is 1. The van der Waals surface area contributed by atoms with Gasteiger partial charge in [-0.25, -0.2) is 0 Å². The van der Waals surface area contributed by atoms with E-state index in [4.69, 9.17) is 12.2 Å². The zero-order valence-electron chi connectivity index (χ0n) is 13.0. The Bertz CT molecular complexity index is 429. The van der Waals surface area contributed by atoms with Crippen molar-refractivity contribution in [3.8, 4) is 0 Å². The van der Waals surface area contributed by atoms with Crippen LogP contribution in [0.25, 0.3) is 0 Å². The highest BCUT2D eigenvalue weighted by Gasteiger charge is 2.21. The number of rotatable bonds is 5. The van der Waals surface area contributed by atoms with E-state index in [1.807, 2.05) is 0 Å². The second-order valence-corrected chi connectivity index (χ2v) is 5.86. The maximum Gasteiger partial charge on any atom is 0.166 e. The second kappa shape index (κ2) is 8.20. The van der Waals surface area contributed by atoms with Gasteiger partial charge in [0.1, 0.15) is 0 Å². The minimum Gasteiger partial charge on any atom is -0.369 e. The molecule has 0 aliphatic carbocycles. The summed E-state index contributed by atoms with van der Waals surface area (Å²) in [5.74, 6) is 0.